The van der Waals surface area contributed by atoms with Crippen LogP contribution in [0.15, 0.2) is 21.3 Å². The second-order valence-corrected chi connectivity index (χ2v) is 4.15. The van der Waals surface area contributed by atoms with Crippen molar-refractivity contribution in [2.75, 3.05) is 4.31 Å². The molecule has 0 fully saturated rings. The summed E-state index contributed by atoms with van der Waals surface area (Å²) in [4.78, 5) is 14.7. The molecule has 0 radical (unpaired) electrons. The van der Waals surface area contributed by atoms with Crippen LogP contribution in [0.1, 0.15) is 0 Å². The molecule has 0 atom stereocenters. The van der Waals surface area contributed by atoms with E-state index in [0.717, 1.165) is 4.31 Å². The van der Waals surface area contributed by atoms with Crippen LogP contribution in [0, 0.1) is 0 Å². The minimum atomic E-state index is -0.645. The standard InChI is InChI=1S/C6H5Br2N3OS/c7-4-1-3(2-5(8)10-4)11(13)6(9)12/h1-2,13H,(H2,9,12). The molecule has 1 aromatic heterocycles. The van der Waals surface area contributed by atoms with E-state index in [9.17, 15) is 4.79 Å². The molecule has 0 saturated carbocycles. The predicted molar refractivity (Wildman–Crippen MR) is 60.7 cm³/mol. The maximum atomic E-state index is 10.7. The molecule has 2 N–H and O–H groups in total. The summed E-state index contributed by atoms with van der Waals surface area (Å²) in [6.45, 7) is 0. The summed E-state index contributed by atoms with van der Waals surface area (Å²) < 4.78 is 2.21. The molecule has 0 aromatic carbocycles. The Morgan fingerprint density at radius 1 is 1.46 bits per heavy atom. The number of halogens is 2. The minimum Gasteiger partial charge on any atom is -0.350 e. The Bertz CT molecular complexity index is 326. The fourth-order valence-electron chi connectivity index (χ4n) is 0.702. The van der Waals surface area contributed by atoms with Crippen molar-refractivity contribution in [3.8, 4) is 0 Å². The molecule has 7 heteroatoms. The highest BCUT2D eigenvalue weighted by Crippen LogP contribution is 2.23. The Morgan fingerprint density at radius 3 is 2.31 bits per heavy atom. The number of aromatic nitrogens is 1. The zero-order valence-electron chi connectivity index (χ0n) is 6.24. The monoisotopic (exact) mass is 325 g/mol. The topological polar surface area (TPSA) is 59.2 Å². The van der Waals surface area contributed by atoms with E-state index < -0.39 is 6.03 Å². The molecule has 0 aliphatic heterocycles. The van der Waals surface area contributed by atoms with Crippen LogP contribution in [0.5, 0.6) is 0 Å². The number of urea groups is 1. The molecule has 4 nitrogen and oxygen atoms in total. The molecule has 0 aliphatic carbocycles. The van der Waals surface area contributed by atoms with Gasteiger partial charge in [0.25, 0.3) is 0 Å². The average Bonchev–Trinajstić information content (AvgIpc) is 2.01. The molecule has 1 aromatic rings. The van der Waals surface area contributed by atoms with Crippen molar-refractivity contribution in [3.05, 3.63) is 21.3 Å². The van der Waals surface area contributed by atoms with Crippen LogP contribution in [0.4, 0.5) is 10.5 Å². The summed E-state index contributed by atoms with van der Waals surface area (Å²) in [7, 11) is 0. The molecule has 13 heavy (non-hydrogen) atoms. The van der Waals surface area contributed by atoms with Gasteiger partial charge in [0.2, 0.25) is 0 Å². The van der Waals surface area contributed by atoms with Gasteiger partial charge in [0, 0.05) is 0 Å². The maximum absolute atomic E-state index is 10.7. The van der Waals surface area contributed by atoms with E-state index in [4.69, 9.17) is 5.73 Å². The molecule has 70 valence electrons. The quantitative estimate of drug-likeness (QED) is 0.614. The number of carbonyl (C=O) groups excluding carboxylic acids is 1. The Labute approximate surface area is 97.3 Å². The number of hydrogen-bond acceptors (Lipinski definition) is 3. The summed E-state index contributed by atoms with van der Waals surface area (Å²) >= 11 is 10.3. The number of primary amides is 1. The van der Waals surface area contributed by atoms with E-state index in [1.807, 2.05) is 0 Å². The number of carbonyl (C=O) groups is 1. The molecule has 0 saturated heterocycles. The summed E-state index contributed by atoms with van der Waals surface area (Å²) in [5.74, 6) is 0. The molecule has 1 heterocycles. The van der Waals surface area contributed by atoms with Gasteiger partial charge >= 0.3 is 6.03 Å². The summed E-state index contributed by atoms with van der Waals surface area (Å²) in [5.41, 5.74) is 5.57. The van der Waals surface area contributed by atoms with Gasteiger partial charge in [0.1, 0.15) is 9.21 Å². The van der Waals surface area contributed by atoms with Gasteiger partial charge in [-0.3, -0.25) is 0 Å². The first kappa shape index (κ1) is 10.8. The number of nitrogens with zero attached hydrogens (tertiary/aromatic N) is 2. The zero-order chi connectivity index (χ0) is 10.0. The molecule has 0 unspecified atom stereocenters. The zero-order valence-corrected chi connectivity index (χ0v) is 10.3. The number of pyridine rings is 1. The second-order valence-electron chi connectivity index (χ2n) is 2.12. The largest absolute Gasteiger partial charge is 0.350 e. The lowest BCUT2D eigenvalue weighted by molar-refractivity contribution is 0.257. The number of anilines is 1. The summed E-state index contributed by atoms with van der Waals surface area (Å²) in [6, 6.07) is 2.61. The SMILES string of the molecule is NC(=O)N(S)c1cc(Br)nc(Br)c1. The normalized spacial score (nSPS) is 9.77. The van der Waals surface area contributed by atoms with Crippen molar-refractivity contribution in [1.29, 1.82) is 0 Å². The van der Waals surface area contributed by atoms with Gasteiger partial charge in [-0.2, -0.15) is 0 Å². The van der Waals surface area contributed by atoms with Gasteiger partial charge in [0.15, 0.2) is 0 Å². The number of rotatable bonds is 1. The third-order valence-electron chi connectivity index (χ3n) is 1.20. The number of thiol groups is 1. The van der Waals surface area contributed by atoms with Crippen LogP contribution in [0.3, 0.4) is 0 Å². The summed E-state index contributed by atoms with van der Waals surface area (Å²) in [6.07, 6.45) is 0. The molecule has 1 rings (SSSR count). The van der Waals surface area contributed by atoms with Gasteiger partial charge in [-0.1, -0.05) is 12.8 Å². The van der Waals surface area contributed by atoms with Gasteiger partial charge < -0.3 is 5.73 Å². The molecule has 0 spiro atoms. The Balaban J connectivity index is 3.07. The molecular formula is C6H5Br2N3OS. The van der Waals surface area contributed by atoms with E-state index in [0.29, 0.717) is 14.9 Å². The lowest BCUT2D eigenvalue weighted by atomic mass is 10.4. The smallest absolute Gasteiger partial charge is 0.329 e. The van der Waals surface area contributed by atoms with Crippen molar-refractivity contribution >= 4 is 56.4 Å². The highest BCUT2D eigenvalue weighted by molar-refractivity contribution is 9.11. The second kappa shape index (κ2) is 4.30. The van der Waals surface area contributed by atoms with Crippen molar-refractivity contribution in [2.45, 2.75) is 0 Å². The van der Waals surface area contributed by atoms with Crippen molar-refractivity contribution < 1.29 is 4.79 Å². The first-order valence-corrected chi connectivity index (χ1v) is 5.11. The van der Waals surface area contributed by atoms with Gasteiger partial charge in [0.05, 0.1) is 5.69 Å². The fourth-order valence-corrected chi connectivity index (χ4v) is 1.91. The number of nitrogens with two attached hydrogens (primary N) is 1. The van der Waals surface area contributed by atoms with Gasteiger partial charge in [-0.25, -0.2) is 14.1 Å². The molecular weight excluding hydrogens is 322 g/mol. The third-order valence-corrected chi connectivity index (χ3v) is 2.44. The van der Waals surface area contributed by atoms with Crippen LogP contribution in [-0.2, 0) is 0 Å². The van der Waals surface area contributed by atoms with Crippen LogP contribution >= 0.6 is 44.7 Å². The van der Waals surface area contributed by atoms with Crippen LogP contribution in [0.2, 0.25) is 0 Å². The van der Waals surface area contributed by atoms with Gasteiger partial charge in [-0.15, -0.1) is 0 Å². The first-order valence-electron chi connectivity index (χ1n) is 3.12. The van der Waals surface area contributed by atoms with E-state index in [1.54, 1.807) is 12.1 Å². The first-order chi connectivity index (χ1) is 6.00. The highest BCUT2D eigenvalue weighted by atomic mass is 79.9. The van der Waals surface area contributed by atoms with Gasteiger partial charge in [-0.05, 0) is 44.0 Å². The van der Waals surface area contributed by atoms with Crippen molar-refractivity contribution in [1.82, 2.24) is 4.98 Å². The van der Waals surface area contributed by atoms with E-state index >= 15 is 0 Å². The maximum Gasteiger partial charge on any atom is 0.329 e. The third kappa shape index (κ3) is 2.85. The van der Waals surface area contributed by atoms with E-state index in [-0.39, 0.29) is 0 Å². The van der Waals surface area contributed by atoms with Crippen LogP contribution in [0.25, 0.3) is 0 Å². The lowest BCUT2D eigenvalue weighted by Gasteiger charge is -2.12. The van der Waals surface area contributed by atoms with E-state index in [1.165, 1.54) is 0 Å². The fraction of sp³-hybridized carbons (Fsp3) is 0. The van der Waals surface area contributed by atoms with Crippen LogP contribution in [-0.4, -0.2) is 11.0 Å². The number of amides is 2. The molecule has 2 amide bonds. The average molecular weight is 327 g/mol. The molecule has 0 aliphatic rings. The Hall–Kier alpha value is -0.270. The van der Waals surface area contributed by atoms with E-state index in [2.05, 4.69) is 49.7 Å². The highest BCUT2D eigenvalue weighted by Gasteiger charge is 2.09. The predicted octanol–water partition coefficient (Wildman–Crippen LogP) is 2.34. The number of hydrogen-bond donors (Lipinski definition) is 2. The minimum absolute atomic E-state index is 0.546. The van der Waals surface area contributed by atoms with Crippen molar-refractivity contribution in [3.63, 3.8) is 0 Å². The summed E-state index contributed by atoms with van der Waals surface area (Å²) in [5, 5.41) is 0. The Morgan fingerprint density at radius 2 is 1.92 bits per heavy atom. The van der Waals surface area contributed by atoms with Crippen molar-refractivity contribution in [2.24, 2.45) is 5.73 Å². The van der Waals surface area contributed by atoms with Crippen LogP contribution < -0.4 is 10.0 Å². The molecule has 0 bridgehead atoms. The Kier molecular flexibility index (Phi) is 3.57. The lowest BCUT2D eigenvalue weighted by Crippen LogP contribution is -2.27.